The van der Waals surface area contributed by atoms with Crippen LogP contribution in [0.3, 0.4) is 0 Å². The second-order valence-electron chi connectivity index (χ2n) is 3.17. The van der Waals surface area contributed by atoms with Gasteiger partial charge in [-0.2, -0.15) is 0 Å². The smallest absolute Gasteiger partial charge is 0.268 e. The molecule has 0 saturated heterocycles. The Balaban J connectivity index is 2.61. The predicted octanol–water partition coefficient (Wildman–Crippen LogP) is 2.20. The summed E-state index contributed by atoms with van der Waals surface area (Å²) in [5.74, 6) is -0.202. The van der Waals surface area contributed by atoms with Crippen LogP contribution in [0.2, 0.25) is 5.02 Å². The van der Waals surface area contributed by atoms with Gasteiger partial charge < -0.3 is 15.0 Å². The van der Waals surface area contributed by atoms with Crippen molar-refractivity contribution in [2.24, 2.45) is 0 Å². The van der Waals surface area contributed by atoms with Gasteiger partial charge in [-0.15, -0.1) is 0 Å². The van der Waals surface area contributed by atoms with Crippen LogP contribution in [0, 0.1) is 0 Å². The summed E-state index contributed by atoms with van der Waals surface area (Å²) in [6.45, 7) is 2.34. The molecule has 2 N–H and O–H groups in total. The zero-order chi connectivity index (χ0) is 11.4. The van der Waals surface area contributed by atoms with E-state index in [2.05, 4.69) is 26.2 Å². The van der Waals surface area contributed by atoms with Crippen molar-refractivity contribution in [1.29, 1.82) is 0 Å². The summed E-state index contributed by atoms with van der Waals surface area (Å²) in [6, 6.07) is 1.53. The van der Waals surface area contributed by atoms with Crippen molar-refractivity contribution in [2.45, 2.75) is 13.0 Å². The highest BCUT2D eigenvalue weighted by Gasteiger charge is 2.13. The summed E-state index contributed by atoms with van der Waals surface area (Å²) in [5.41, 5.74) is 0.426. The Kier molecular flexibility index (Phi) is 4.63. The van der Waals surface area contributed by atoms with E-state index in [0.29, 0.717) is 21.9 Å². The number of ether oxygens (including phenoxy) is 1. The maximum Gasteiger partial charge on any atom is 0.268 e. The number of aromatic amines is 1. The molecule has 84 valence electrons. The third-order valence-corrected chi connectivity index (χ3v) is 2.92. The molecule has 15 heavy (non-hydrogen) atoms. The summed E-state index contributed by atoms with van der Waals surface area (Å²) in [6.07, 6.45) is 0. The summed E-state index contributed by atoms with van der Waals surface area (Å²) in [4.78, 5) is 14.4. The van der Waals surface area contributed by atoms with Gasteiger partial charge in [0.15, 0.2) is 0 Å². The zero-order valence-electron chi connectivity index (χ0n) is 8.43. The lowest BCUT2D eigenvalue weighted by atomic mass is 10.3. The molecule has 0 spiro atoms. The summed E-state index contributed by atoms with van der Waals surface area (Å²) >= 11 is 8.98. The number of hydrogen-bond acceptors (Lipinski definition) is 2. The topological polar surface area (TPSA) is 54.1 Å². The van der Waals surface area contributed by atoms with E-state index in [1.807, 2.05) is 6.92 Å². The van der Waals surface area contributed by atoms with E-state index < -0.39 is 0 Å². The number of amides is 1. The Hall–Kier alpha value is -0.520. The maximum absolute atomic E-state index is 11.6. The van der Waals surface area contributed by atoms with Gasteiger partial charge in [-0.3, -0.25) is 4.79 Å². The molecule has 0 aliphatic rings. The lowest BCUT2D eigenvalue weighted by Crippen LogP contribution is -2.35. The van der Waals surface area contributed by atoms with Gasteiger partial charge in [0, 0.05) is 13.2 Å². The van der Waals surface area contributed by atoms with E-state index in [4.69, 9.17) is 16.3 Å². The molecule has 1 heterocycles. The Labute approximate surface area is 101 Å². The van der Waals surface area contributed by atoms with Crippen LogP contribution in [0.15, 0.2) is 10.7 Å². The van der Waals surface area contributed by atoms with E-state index in [9.17, 15) is 4.79 Å². The molecule has 0 saturated carbocycles. The largest absolute Gasteiger partial charge is 0.383 e. The molecule has 0 aliphatic carbocycles. The molecular formula is C9H12BrClN2O2. The average Bonchev–Trinajstić information content (AvgIpc) is 2.47. The summed E-state index contributed by atoms with van der Waals surface area (Å²) < 4.78 is 5.51. The van der Waals surface area contributed by atoms with Crippen LogP contribution in [0.4, 0.5) is 0 Å². The maximum atomic E-state index is 11.6. The van der Waals surface area contributed by atoms with Crippen LogP contribution >= 0.6 is 27.5 Å². The first-order valence-electron chi connectivity index (χ1n) is 4.38. The van der Waals surface area contributed by atoms with E-state index in [0.717, 1.165) is 0 Å². The fourth-order valence-electron chi connectivity index (χ4n) is 1.12. The normalized spacial score (nSPS) is 12.5. The molecule has 1 rings (SSSR count). The summed E-state index contributed by atoms with van der Waals surface area (Å²) in [5, 5.41) is 3.25. The molecule has 1 unspecified atom stereocenters. The number of rotatable bonds is 4. The zero-order valence-corrected chi connectivity index (χ0v) is 10.8. The quantitative estimate of drug-likeness (QED) is 0.894. The summed E-state index contributed by atoms with van der Waals surface area (Å²) in [7, 11) is 1.59. The molecule has 1 atom stereocenters. The van der Waals surface area contributed by atoms with Crippen LogP contribution in [0.5, 0.6) is 0 Å². The van der Waals surface area contributed by atoms with Crippen LogP contribution in [0.1, 0.15) is 17.4 Å². The van der Waals surface area contributed by atoms with Crippen LogP contribution in [0.25, 0.3) is 0 Å². The molecule has 0 bridgehead atoms. The van der Waals surface area contributed by atoms with Crippen molar-refractivity contribution in [3.05, 3.63) is 21.4 Å². The highest BCUT2D eigenvalue weighted by atomic mass is 79.9. The van der Waals surface area contributed by atoms with E-state index in [1.54, 1.807) is 13.2 Å². The number of carbonyl (C=O) groups excluding carboxylic acids is 1. The lowest BCUT2D eigenvalue weighted by Gasteiger charge is -2.11. The molecule has 0 aromatic carbocycles. The fourth-order valence-corrected chi connectivity index (χ4v) is 1.60. The van der Waals surface area contributed by atoms with E-state index >= 15 is 0 Å². The highest BCUT2D eigenvalue weighted by Crippen LogP contribution is 2.22. The third-order valence-electron chi connectivity index (χ3n) is 1.76. The third kappa shape index (κ3) is 3.52. The van der Waals surface area contributed by atoms with Gasteiger partial charge in [-0.05, 0) is 28.9 Å². The van der Waals surface area contributed by atoms with Gasteiger partial charge in [0.1, 0.15) is 10.3 Å². The average molecular weight is 296 g/mol. The first-order chi connectivity index (χ1) is 7.04. The Morgan fingerprint density at radius 2 is 2.47 bits per heavy atom. The number of carbonyl (C=O) groups is 1. The van der Waals surface area contributed by atoms with Gasteiger partial charge in [0.25, 0.3) is 5.91 Å². The molecule has 1 aromatic rings. The Morgan fingerprint density at radius 3 is 2.93 bits per heavy atom. The molecular weight excluding hydrogens is 283 g/mol. The van der Waals surface area contributed by atoms with Gasteiger partial charge in [0.05, 0.1) is 11.6 Å². The minimum absolute atomic E-state index is 0.0386. The number of methoxy groups -OCH3 is 1. The van der Waals surface area contributed by atoms with Crippen molar-refractivity contribution in [2.75, 3.05) is 13.7 Å². The second-order valence-corrected chi connectivity index (χ2v) is 4.37. The van der Waals surface area contributed by atoms with Crippen molar-refractivity contribution in [1.82, 2.24) is 10.3 Å². The van der Waals surface area contributed by atoms with Crippen LogP contribution in [-0.2, 0) is 4.74 Å². The van der Waals surface area contributed by atoms with Crippen LogP contribution in [-0.4, -0.2) is 30.6 Å². The molecule has 0 radical (unpaired) electrons. The molecule has 4 nitrogen and oxygen atoms in total. The molecule has 1 aromatic heterocycles. The second kappa shape index (κ2) is 5.53. The number of aromatic nitrogens is 1. The number of nitrogens with one attached hydrogen (secondary N) is 2. The molecule has 0 aliphatic heterocycles. The number of H-pyrrole nitrogens is 1. The number of hydrogen-bond donors (Lipinski definition) is 2. The van der Waals surface area contributed by atoms with Crippen molar-refractivity contribution >= 4 is 33.4 Å². The SMILES string of the molecule is COCC(C)NC(=O)c1cc(Cl)c(Br)[nH]1. The van der Waals surface area contributed by atoms with Crippen LogP contribution < -0.4 is 5.32 Å². The minimum Gasteiger partial charge on any atom is -0.383 e. The minimum atomic E-state index is -0.202. The predicted molar refractivity (Wildman–Crippen MR) is 62.3 cm³/mol. The van der Waals surface area contributed by atoms with Gasteiger partial charge in [-0.25, -0.2) is 0 Å². The monoisotopic (exact) mass is 294 g/mol. The van der Waals surface area contributed by atoms with E-state index in [-0.39, 0.29) is 11.9 Å². The van der Waals surface area contributed by atoms with E-state index in [1.165, 1.54) is 0 Å². The fraction of sp³-hybridized carbons (Fsp3) is 0.444. The lowest BCUT2D eigenvalue weighted by molar-refractivity contribution is 0.0901. The molecule has 0 fully saturated rings. The van der Waals surface area contributed by atoms with Crippen molar-refractivity contribution in [3.8, 4) is 0 Å². The highest BCUT2D eigenvalue weighted by molar-refractivity contribution is 9.10. The first kappa shape index (κ1) is 12.5. The Morgan fingerprint density at radius 1 is 1.80 bits per heavy atom. The van der Waals surface area contributed by atoms with Gasteiger partial charge in [-0.1, -0.05) is 11.6 Å². The standard InChI is InChI=1S/C9H12BrClN2O2/c1-5(4-15-2)12-9(14)7-3-6(11)8(10)13-7/h3,5,13H,4H2,1-2H3,(H,12,14). The molecule has 6 heteroatoms. The molecule has 1 amide bonds. The first-order valence-corrected chi connectivity index (χ1v) is 5.55. The Bertz CT molecular complexity index is 334. The van der Waals surface area contributed by atoms with Crippen molar-refractivity contribution < 1.29 is 9.53 Å². The van der Waals surface area contributed by atoms with Gasteiger partial charge in [0.2, 0.25) is 0 Å². The van der Waals surface area contributed by atoms with Crippen molar-refractivity contribution in [3.63, 3.8) is 0 Å². The number of halogens is 2. The van der Waals surface area contributed by atoms with Gasteiger partial charge >= 0.3 is 0 Å².